The Morgan fingerprint density at radius 1 is 1.19 bits per heavy atom. The first-order valence-corrected chi connectivity index (χ1v) is 9.14. The second-order valence-corrected chi connectivity index (χ2v) is 7.02. The van der Waals surface area contributed by atoms with Crippen LogP contribution in [0, 0.1) is 0 Å². The predicted molar refractivity (Wildman–Crippen MR) is 92.0 cm³/mol. The van der Waals surface area contributed by atoms with Crippen LogP contribution in [0.5, 0.6) is 5.75 Å². The van der Waals surface area contributed by atoms with Gasteiger partial charge in [-0.1, -0.05) is 0 Å². The third-order valence-corrected chi connectivity index (χ3v) is 5.08. The van der Waals surface area contributed by atoms with Crippen molar-refractivity contribution in [1.29, 1.82) is 0 Å². The number of carbonyl (C=O) groups excluding carboxylic acids is 2. The van der Waals surface area contributed by atoms with Gasteiger partial charge in [-0.15, -0.1) is 11.8 Å². The fourth-order valence-electron chi connectivity index (χ4n) is 2.78. The highest BCUT2D eigenvalue weighted by Crippen LogP contribution is 2.35. The van der Waals surface area contributed by atoms with Crippen molar-refractivity contribution in [3.63, 3.8) is 0 Å². The first kappa shape index (κ1) is 18.7. The summed E-state index contributed by atoms with van der Waals surface area (Å²) in [7, 11) is 0. The van der Waals surface area contributed by atoms with Gasteiger partial charge >= 0.3 is 6.18 Å². The first-order valence-electron chi connectivity index (χ1n) is 8.15. The zero-order valence-electron chi connectivity index (χ0n) is 13.8. The van der Waals surface area contributed by atoms with Crippen molar-refractivity contribution in [3.05, 3.63) is 35.0 Å². The zero-order valence-corrected chi connectivity index (χ0v) is 14.6. The molecule has 0 aromatic heterocycles. The van der Waals surface area contributed by atoms with E-state index in [1.165, 1.54) is 6.21 Å². The van der Waals surface area contributed by atoms with Crippen LogP contribution in [0.2, 0.25) is 0 Å². The molecule has 26 heavy (non-hydrogen) atoms. The summed E-state index contributed by atoms with van der Waals surface area (Å²) in [5.74, 6) is 0.458. The highest BCUT2D eigenvalue weighted by molar-refractivity contribution is 7.99. The van der Waals surface area contributed by atoms with Crippen LogP contribution in [0.25, 0.3) is 0 Å². The molecule has 0 aliphatic carbocycles. The second kappa shape index (κ2) is 7.65. The molecule has 1 aromatic rings. The summed E-state index contributed by atoms with van der Waals surface area (Å²) in [6, 6.07) is 5.01. The van der Waals surface area contributed by atoms with Crippen molar-refractivity contribution >= 4 is 29.5 Å². The monoisotopic (exact) mass is 383 g/mol. The molecular weight excluding hydrogens is 367 g/mol. The minimum absolute atomic E-state index is 0.152. The summed E-state index contributed by atoms with van der Waals surface area (Å²) in [6.07, 6.45) is -3.84. The number of nitrogens with zero attached hydrogens (tertiary/aromatic N) is 1. The number of hydrogen-bond donors (Lipinski definition) is 0. The molecule has 0 atom stereocenters. The Hall–Kier alpha value is -2.09. The Morgan fingerprint density at radius 3 is 2.73 bits per heavy atom. The number of alkyl halides is 3. The molecule has 0 N–H and O–H groups in total. The van der Waals surface area contributed by atoms with E-state index >= 15 is 0 Å². The molecular formula is C18H16F3NO3S. The van der Waals surface area contributed by atoms with E-state index in [0.717, 1.165) is 10.6 Å². The molecule has 0 bridgehead atoms. The quantitative estimate of drug-likeness (QED) is 0.708. The lowest BCUT2D eigenvalue weighted by molar-refractivity contribution is -0.118. The average Bonchev–Trinajstić information content (AvgIpc) is 2.64. The van der Waals surface area contributed by atoms with E-state index in [0.29, 0.717) is 17.9 Å². The van der Waals surface area contributed by atoms with Crippen molar-refractivity contribution in [2.24, 2.45) is 4.99 Å². The van der Waals surface area contributed by atoms with Gasteiger partial charge in [0.25, 0.3) is 0 Å². The maximum absolute atomic E-state index is 13.0. The normalized spacial score (nSPS) is 16.9. The number of carbonyl (C=O) groups is 2. The molecule has 0 spiro atoms. The number of rotatable bonds is 5. The lowest BCUT2D eigenvalue weighted by Crippen LogP contribution is -2.20. The van der Waals surface area contributed by atoms with Gasteiger partial charge in [-0.05, 0) is 31.0 Å². The second-order valence-electron chi connectivity index (χ2n) is 5.88. The third-order valence-electron chi connectivity index (χ3n) is 4.08. The van der Waals surface area contributed by atoms with Gasteiger partial charge in [0.15, 0.2) is 11.6 Å². The van der Waals surface area contributed by atoms with E-state index in [1.807, 2.05) is 0 Å². The molecule has 0 saturated carbocycles. The van der Waals surface area contributed by atoms with Crippen LogP contribution in [0.4, 0.5) is 13.2 Å². The molecule has 0 fully saturated rings. The van der Waals surface area contributed by atoms with E-state index in [4.69, 9.17) is 4.74 Å². The maximum atomic E-state index is 13.0. The van der Waals surface area contributed by atoms with Crippen molar-refractivity contribution in [1.82, 2.24) is 0 Å². The van der Waals surface area contributed by atoms with Gasteiger partial charge in [0.2, 0.25) is 0 Å². The Bertz CT molecular complexity index is 799. The van der Waals surface area contributed by atoms with Crippen LogP contribution in [0.15, 0.2) is 39.4 Å². The summed E-state index contributed by atoms with van der Waals surface area (Å²) in [6.45, 7) is 0.608. The van der Waals surface area contributed by atoms with E-state index in [9.17, 15) is 22.8 Å². The number of allylic oxidation sites excluding steroid dienone is 2. The van der Waals surface area contributed by atoms with Gasteiger partial charge in [0, 0.05) is 30.4 Å². The summed E-state index contributed by atoms with van der Waals surface area (Å²) in [5.41, 5.74) is -1.04. The lowest BCUT2D eigenvalue weighted by Gasteiger charge is -2.17. The van der Waals surface area contributed by atoms with Crippen molar-refractivity contribution in [2.75, 3.05) is 12.4 Å². The molecule has 4 nitrogen and oxygen atoms in total. The third kappa shape index (κ3) is 4.17. The van der Waals surface area contributed by atoms with Gasteiger partial charge in [-0.2, -0.15) is 13.2 Å². The minimum Gasteiger partial charge on any atom is -0.492 e. The molecule has 2 heterocycles. The molecule has 8 heteroatoms. The summed E-state index contributed by atoms with van der Waals surface area (Å²) >= 11 is 1.57. The summed E-state index contributed by atoms with van der Waals surface area (Å²) in [5, 5.41) is 0. The largest absolute Gasteiger partial charge is 0.492 e. The molecule has 1 aromatic carbocycles. The van der Waals surface area contributed by atoms with Gasteiger partial charge in [-0.25, -0.2) is 0 Å². The standard InChI is InChI=1S/C18H16F3NO3S/c19-18(20,21)12-2-1-7-22-17(12)14(24)5-4-13(23)11-3-6-15-16(10-11)26-9-8-25-15/h3,6-7,10H,1-2,4-5,8-9H2. The van der Waals surface area contributed by atoms with Crippen LogP contribution in [0.3, 0.4) is 0 Å². The Labute approximate surface area is 152 Å². The van der Waals surface area contributed by atoms with Crippen LogP contribution in [-0.4, -0.2) is 36.3 Å². The number of benzene rings is 1. The van der Waals surface area contributed by atoms with Gasteiger partial charge in [0.1, 0.15) is 11.4 Å². The number of ether oxygens (including phenoxy) is 1. The average molecular weight is 383 g/mol. The molecule has 0 radical (unpaired) electrons. The van der Waals surface area contributed by atoms with Gasteiger partial charge in [0.05, 0.1) is 17.1 Å². The molecule has 2 aliphatic rings. The number of hydrogen-bond acceptors (Lipinski definition) is 5. The maximum Gasteiger partial charge on any atom is 0.414 e. The van der Waals surface area contributed by atoms with E-state index in [1.54, 1.807) is 30.0 Å². The van der Waals surface area contributed by atoms with Crippen molar-refractivity contribution < 1.29 is 27.5 Å². The smallest absolute Gasteiger partial charge is 0.414 e. The first-order chi connectivity index (χ1) is 12.4. The van der Waals surface area contributed by atoms with Crippen molar-refractivity contribution in [3.8, 4) is 5.75 Å². The fourth-order valence-corrected chi connectivity index (χ4v) is 3.65. The molecule has 0 amide bonds. The van der Waals surface area contributed by atoms with Crippen molar-refractivity contribution in [2.45, 2.75) is 36.8 Å². The number of aliphatic imine (C=N–C) groups is 1. The Morgan fingerprint density at radius 2 is 1.96 bits per heavy atom. The molecule has 0 unspecified atom stereocenters. The predicted octanol–water partition coefficient (Wildman–Crippen LogP) is 4.38. The summed E-state index contributed by atoms with van der Waals surface area (Å²) < 4.78 is 44.5. The Balaban J connectivity index is 1.68. The SMILES string of the molecule is O=C(CCC(=O)c1ccc2c(c1)SCCO2)C1=C(C(F)(F)F)CCC=N1. The fraction of sp³-hybridized carbons (Fsp3) is 0.389. The number of Topliss-reactive ketones (excluding diaryl/α,β-unsaturated/α-hetero) is 2. The topological polar surface area (TPSA) is 55.7 Å². The molecule has 138 valence electrons. The summed E-state index contributed by atoms with van der Waals surface area (Å²) in [4.78, 5) is 29.0. The molecule has 0 saturated heterocycles. The van der Waals surface area contributed by atoms with E-state index < -0.39 is 23.2 Å². The van der Waals surface area contributed by atoms with Gasteiger partial charge < -0.3 is 4.74 Å². The van der Waals surface area contributed by atoms with Crippen LogP contribution in [-0.2, 0) is 4.79 Å². The lowest BCUT2D eigenvalue weighted by atomic mass is 9.98. The number of thioether (sulfide) groups is 1. The number of fused-ring (bicyclic) bond motifs is 1. The number of halogens is 3. The number of ketones is 2. The van der Waals surface area contributed by atoms with E-state index in [2.05, 4.69) is 4.99 Å². The highest BCUT2D eigenvalue weighted by atomic mass is 32.2. The molecule has 2 aliphatic heterocycles. The zero-order chi connectivity index (χ0) is 18.7. The Kier molecular flexibility index (Phi) is 5.50. The van der Waals surface area contributed by atoms with Gasteiger partial charge in [-0.3, -0.25) is 14.6 Å². The van der Waals surface area contributed by atoms with Crippen LogP contribution in [0.1, 0.15) is 36.0 Å². The highest BCUT2D eigenvalue weighted by Gasteiger charge is 2.38. The van der Waals surface area contributed by atoms with Crippen LogP contribution < -0.4 is 4.74 Å². The van der Waals surface area contributed by atoms with Crippen LogP contribution >= 0.6 is 11.8 Å². The van der Waals surface area contributed by atoms with E-state index in [-0.39, 0.29) is 31.5 Å². The molecule has 3 rings (SSSR count). The minimum atomic E-state index is -4.58.